The summed E-state index contributed by atoms with van der Waals surface area (Å²) < 4.78 is 0. The molecule has 0 bridgehead atoms. The van der Waals surface area contributed by atoms with E-state index < -0.39 is 0 Å². The highest BCUT2D eigenvalue weighted by Gasteiger charge is 2.23. The number of hydrogen-bond acceptors (Lipinski definition) is 2. The molecule has 0 aromatic rings. The average Bonchev–Trinajstić information content (AvgIpc) is 2.28. The number of carbonyl (C=O) groups excluding carboxylic acids is 1. The molecule has 1 aliphatic rings. The van der Waals surface area contributed by atoms with Crippen molar-refractivity contribution >= 4 is 17.7 Å². The third-order valence-corrected chi connectivity index (χ3v) is 3.46. The summed E-state index contributed by atoms with van der Waals surface area (Å²) in [5, 5.41) is 0. The number of carbonyl (C=O) groups is 1. The maximum atomic E-state index is 11.8. The van der Waals surface area contributed by atoms with Crippen molar-refractivity contribution in [2.45, 2.75) is 33.2 Å². The summed E-state index contributed by atoms with van der Waals surface area (Å²) in [5.74, 6) is 2.76. The van der Waals surface area contributed by atoms with Crippen molar-refractivity contribution in [1.82, 2.24) is 4.90 Å². The number of thioether (sulfide) groups is 1. The second kappa shape index (κ2) is 4.89. The lowest BCUT2D eigenvalue weighted by molar-refractivity contribution is -0.136. The summed E-state index contributed by atoms with van der Waals surface area (Å²) in [7, 11) is 0. The third-order valence-electron chi connectivity index (χ3n) is 2.47. The molecule has 0 spiro atoms. The molecule has 0 saturated carbocycles. The van der Waals surface area contributed by atoms with E-state index in [4.69, 9.17) is 0 Å². The van der Waals surface area contributed by atoms with Crippen LogP contribution in [0.15, 0.2) is 0 Å². The van der Waals surface area contributed by atoms with Gasteiger partial charge in [-0.2, -0.15) is 11.8 Å². The molecule has 2 nitrogen and oxygen atoms in total. The monoisotopic (exact) mass is 201 g/mol. The first-order chi connectivity index (χ1) is 6.13. The van der Waals surface area contributed by atoms with Gasteiger partial charge in [-0.15, -0.1) is 0 Å². The smallest absolute Gasteiger partial charge is 0.225 e. The van der Waals surface area contributed by atoms with Gasteiger partial charge in [0.15, 0.2) is 0 Å². The zero-order valence-corrected chi connectivity index (χ0v) is 9.56. The van der Waals surface area contributed by atoms with E-state index >= 15 is 0 Å². The Morgan fingerprint density at radius 3 is 2.77 bits per heavy atom. The van der Waals surface area contributed by atoms with Gasteiger partial charge in [-0.05, 0) is 19.1 Å². The second-order valence-corrected chi connectivity index (χ2v) is 5.16. The van der Waals surface area contributed by atoms with Crippen LogP contribution in [0, 0.1) is 5.92 Å². The Labute approximate surface area is 85.1 Å². The van der Waals surface area contributed by atoms with Crippen LogP contribution in [0.2, 0.25) is 0 Å². The highest BCUT2D eigenvalue weighted by Crippen LogP contribution is 2.17. The predicted molar refractivity (Wildman–Crippen MR) is 58.0 cm³/mol. The van der Waals surface area contributed by atoms with E-state index in [2.05, 4.69) is 6.92 Å². The van der Waals surface area contributed by atoms with Gasteiger partial charge in [0.2, 0.25) is 5.91 Å². The van der Waals surface area contributed by atoms with Crippen LogP contribution in [-0.4, -0.2) is 34.9 Å². The SMILES string of the molecule is CC(C)C(=O)N1CCSCCC1C. The predicted octanol–water partition coefficient (Wildman–Crippen LogP) is 2.00. The first-order valence-electron chi connectivity index (χ1n) is 5.01. The van der Waals surface area contributed by atoms with Crippen molar-refractivity contribution < 1.29 is 4.79 Å². The molecule has 1 fully saturated rings. The van der Waals surface area contributed by atoms with Crippen molar-refractivity contribution in [2.75, 3.05) is 18.1 Å². The summed E-state index contributed by atoms with van der Waals surface area (Å²) in [5.41, 5.74) is 0. The molecule has 0 aromatic carbocycles. The minimum absolute atomic E-state index is 0.144. The van der Waals surface area contributed by atoms with E-state index in [0.29, 0.717) is 11.9 Å². The highest BCUT2D eigenvalue weighted by atomic mass is 32.2. The summed E-state index contributed by atoms with van der Waals surface area (Å²) in [6.45, 7) is 7.05. The zero-order valence-electron chi connectivity index (χ0n) is 8.75. The lowest BCUT2D eigenvalue weighted by atomic mass is 10.1. The van der Waals surface area contributed by atoms with E-state index in [1.165, 1.54) is 5.75 Å². The van der Waals surface area contributed by atoms with Crippen LogP contribution < -0.4 is 0 Å². The maximum absolute atomic E-state index is 11.8. The highest BCUT2D eigenvalue weighted by molar-refractivity contribution is 7.99. The molecule has 13 heavy (non-hydrogen) atoms. The van der Waals surface area contributed by atoms with Gasteiger partial charge in [-0.3, -0.25) is 4.79 Å². The quantitative estimate of drug-likeness (QED) is 0.646. The molecule has 1 saturated heterocycles. The first-order valence-corrected chi connectivity index (χ1v) is 6.16. The molecule has 1 amide bonds. The molecule has 1 atom stereocenters. The largest absolute Gasteiger partial charge is 0.339 e. The molecule has 3 heteroatoms. The minimum Gasteiger partial charge on any atom is -0.339 e. The van der Waals surface area contributed by atoms with E-state index in [1.807, 2.05) is 30.5 Å². The number of rotatable bonds is 1. The molecule has 0 N–H and O–H groups in total. The number of nitrogens with zero attached hydrogens (tertiary/aromatic N) is 1. The van der Waals surface area contributed by atoms with Crippen LogP contribution in [0.1, 0.15) is 27.2 Å². The normalized spacial score (nSPS) is 24.6. The van der Waals surface area contributed by atoms with Gasteiger partial charge in [0, 0.05) is 24.3 Å². The van der Waals surface area contributed by atoms with Gasteiger partial charge in [0.25, 0.3) is 0 Å². The topological polar surface area (TPSA) is 20.3 Å². The van der Waals surface area contributed by atoms with E-state index in [9.17, 15) is 4.79 Å². The Morgan fingerprint density at radius 2 is 2.15 bits per heavy atom. The molecular formula is C10H19NOS. The van der Waals surface area contributed by atoms with Crippen molar-refractivity contribution in [3.8, 4) is 0 Å². The van der Waals surface area contributed by atoms with Crippen LogP contribution in [-0.2, 0) is 4.79 Å². The lowest BCUT2D eigenvalue weighted by Gasteiger charge is -2.28. The van der Waals surface area contributed by atoms with E-state index in [0.717, 1.165) is 18.7 Å². The standard InChI is InChI=1S/C10H19NOS/c1-8(2)10(12)11-5-7-13-6-4-9(11)3/h8-9H,4-7H2,1-3H3. The van der Waals surface area contributed by atoms with Crippen LogP contribution in [0.25, 0.3) is 0 Å². The Balaban J connectivity index is 2.58. The van der Waals surface area contributed by atoms with Gasteiger partial charge in [0.1, 0.15) is 0 Å². The van der Waals surface area contributed by atoms with Gasteiger partial charge < -0.3 is 4.90 Å². The van der Waals surface area contributed by atoms with Crippen LogP contribution in [0.3, 0.4) is 0 Å². The lowest BCUT2D eigenvalue weighted by Crippen LogP contribution is -2.41. The zero-order chi connectivity index (χ0) is 9.84. The van der Waals surface area contributed by atoms with Crippen molar-refractivity contribution in [1.29, 1.82) is 0 Å². The van der Waals surface area contributed by atoms with E-state index in [-0.39, 0.29) is 5.92 Å². The first kappa shape index (κ1) is 10.9. The summed E-state index contributed by atoms with van der Waals surface area (Å²) in [4.78, 5) is 13.8. The van der Waals surface area contributed by atoms with E-state index in [1.54, 1.807) is 0 Å². The third kappa shape index (κ3) is 2.90. The molecule has 0 aliphatic carbocycles. The van der Waals surface area contributed by atoms with Crippen LogP contribution >= 0.6 is 11.8 Å². The van der Waals surface area contributed by atoms with Crippen molar-refractivity contribution in [3.05, 3.63) is 0 Å². The fraction of sp³-hybridized carbons (Fsp3) is 0.900. The second-order valence-electron chi connectivity index (χ2n) is 3.94. The summed E-state index contributed by atoms with van der Waals surface area (Å²) in [6.07, 6.45) is 1.14. The van der Waals surface area contributed by atoms with Crippen LogP contribution in [0.5, 0.6) is 0 Å². The van der Waals surface area contributed by atoms with Crippen molar-refractivity contribution in [2.24, 2.45) is 5.92 Å². The molecule has 1 heterocycles. The van der Waals surface area contributed by atoms with Crippen molar-refractivity contribution in [3.63, 3.8) is 0 Å². The number of amides is 1. The van der Waals surface area contributed by atoms with Gasteiger partial charge in [-0.25, -0.2) is 0 Å². The Kier molecular flexibility index (Phi) is 4.10. The Hall–Kier alpha value is -0.180. The molecule has 1 rings (SSSR count). The van der Waals surface area contributed by atoms with Gasteiger partial charge in [0.05, 0.1) is 0 Å². The number of hydrogen-bond donors (Lipinski definition) is 0. The maximum Gasteiger partial charge on any atom is 0.225 e. The Morgan fingerprint density at radius 1 is 1.46 bits per heavy atom. The Bertz CT molecular complexity index is 182. The molecule has 0 aromatic heterocycles. The molecule has 76 valence electrons. The molecule has 1 unspecified atom stereocenters. The molecular weight excluding hydrogens is 182 g/mol. The summed E-state index contributed by atoms with van der Waals surface area (Å²) >= 11 is 1.96. The molecule has 0 radical (unpaired) electrons. The molecule has 1 aliphatic heterocycles. The van der Waals surface area contributed by atoms with Gasteiger partial charge >= 0.3 is 0 Å². The summed E-state index contributed by atoms with van der Waals surface area (Å²) in [6, 6.07) is 0.435. The average molecular weight is 201 g/mol. The fourth-order valence-electron chi connectivity index (χ4n) is 1.55. The fourth-order valence-corrected chi connectivity index (χ4v) is 2.59. The minimum atomic E-state index is 0.144. The van der Waals surface area contributed by atoms with Crippen LogP contribution in [0.4, 0.5) is 0 Å². The van der Waals surface area contributed by atoms with Gasteiger partial charge in [-0.1, -0.05) is 13.8 Å².